The largest absolute Gasteiger partial charge is 0.481 e. The average molecular weight is 770 g/mol. The summed E-state index contributed by atoms with van der Waals surface area (Å²) < 4.78 is 31.1. The number of aromatic nitrogens is 2. The van der Waals surface area contributed by atoms with Crippen molar-refractivity contribution in [2.75, 3.05) is 25.3 Å². The van der Waals surface area contributed by atoms with Gasteiger partial charge in [-0.2, -0.15) is 5.10 Å². The number of aromatic amines is 1. The van der Waals surface area contributed by atoms with Gasteiger partial charge in [-0.1, -0.05) is 106 Å². The van der Waals surface area contributed by atoms with Crippen molar-refractivity contribution in [3.05, 3.63) is 125 Å². The van der Waals surface area contributed by atoms with Crippen molar-refractivity contribution in [1.29, 1.82) is 0 Å². The van der Waals surface area contributed by atoms with Gasteiger partial charge in [0, 0.05) is 18.5 Å². The summed E-state index contributed by atoms with van der Waals surface area (Å²) in [6, 6.07) is 29.7. The molecule has 0 aliphatic carbocycles. The molecular weight excluding hydrogens is 717 g/mol. The summed E-state index contributed by atoms with van der Waals surface area (Å²) in [4.78, 5) is 18.5. The first-order valence-electron chi connectivity index (χ1n) is 19.0. The number of rotatable bonds is 18. The highest BCUT2D eigenvalue weighted by Crippen LogP contribution is 2.48. The minimum atomic E-state index is -3.54. The molecule has 4 aromatic carbocycles. The summed E-state index contributed by atoms with van der Waals surface area (Å²) in [5.41, 5.74) is 10.0. The van der Waals surface area contributed by atoms with Crippen molar-refractivity contribution >= 4 is 30.3 Å². The molecule has 0 saturated carbocycles. The maximum absolute atomic E-state index is 15.2. The molecule has 292 valence electrons. The average Bonchev–Trinajstić information content (AvgIpc) is 3.55. The lowest BCUT2D eigenvalue weighted by Crippen LogP contribution is -2.50. The van der Waals surface area contributed by atoms with Gasteiger partial charge in [-0.3, -0.25) is 9.66 Å². The van der Waals surface area contributed by atoms with Gasteiger partial charge in [0.25, 0.3) is 0 Å². The number of amides is 2. The molecule has 1 saturated heterocycles. The summed E-state index contributed by atoms with van der Waals surface area (Å²) in [5, 5.41) is 32.0. The zero-order valence-electron chi connectivity index (χ0n) is 31.5. The second kappa shape index (κ2) is 18.8. The third-order valence-electron chi connectivity index (χ3n) is 9.95. The standard InChI is InChI=1S/C42H52N5O7P/c1-3-5-22-53-55(51,54-23-6-4-2)29-52-34-19-13-16-31(24-34)28-47-38(33-17-11-8-12-18-33)40(49)39(48)37(26-30-14-9-7-10-15-30)46(42(47)50)27-32-20-21-36-35(25-32)41(43)45-44-36/h7-21,24-25,37-40,48-49H,3-6,22-23,26-29H2,1-2H3,(H3,43,44,45)/t37-,38?,39+,40+/m1/s1. The van der Waals surface area contributed by atoms with E-state index < -0.39 is 31.9 Å². The number of anilines is 1. The van der Waals surface area contributed by atoms with Gasteiger partial charge in [0.1, 0.15) is 18.0 Å². The Bertz CT molecular complexity index is 2020. The topological polar surface area (TPSA) is 163 Å². The highest BCUT2D eigenvalue weighted by molar-refractivity contribution is 7.53. The molecule has 5 N–H and O–H groups in total. The van der Waals surface area contributed by atoms with E-state index in [4.69, 9.17) is 19.5 Å². The van der Waals surface area contributed by atoms with E-state index in [1.807, 2.05) is 98.8 Å². The summed E-state index contributed by atoms with van der Waals surface area (Å²) in [5.74, 6) is 0.777. The van der Waals surface area contributed by atoms with Crippen LogP contribution in [0.4, 0.5) is 10.6 Å². The third kappa shape index (κ3) is 9.94. The second-order valence-electron chi connectivity index (χ2n) is 14.0. The lowest BCUT2D eigenvalue weighted by Gasteiger charge is -2.36. The Morgan fingerprint density at radius 2 is 1.42 bits per heavy atom. The monoisotopic (exact) mass is 769 g/mol. The fourth-order valence-electron chi connectivity index (χ4n) is 6.94. The molecule has 4 atom stereocenters. The van der Waals surface area contributed by atoms with E-state index >= 15 is 4.79 Å². The van der Waals surface area contributed by atoms with Gasteiger partial charge >= 0.3 is 13.6 Å². The zero-order valence-corrected chi connectivity index (χ0v) is 32.4. The number of aliphatic hydroxyl groups is 2. The molecule has 5 aromatic rings. The number of fused-ring (bicyclic) bond motifs is 1. The lowest BCUT2D eigenvalue weighted by molar-refractivity contribution is -0.0418. The molecule has 1 fully saturated rings. The molecule has 0 spiro atoms. The Morgan fingerprint density at radius 3 is 2.11 bits per heavy atom. The molecular formula is C42H52N5O7P. The molecule has 1 aliphatic rings. The number of nitrogens with one attached hydrogen (secondary N) is 1. The number of nitrogens with zero attached hydrogens (tertiary/aromatic N) is 3. The Hall–Kier alpha value is -4.71. The van der Waals surface area contributed by atoms with Gasteiger partial charge in [0.2, 0.25) is 0 Å². The summed E-state index contributed by atoms with van der Waals surface area (Å²) >= 11 is 0. The smallest absolute Gasteiger partial charge is 0.367 e. The van der Waals surface area contributed by atoms with Crippen LogP contribution in [0.3, 0.4) is 0 Å². The Balaban J connectivity index is 1.35. The van der Waals surface area contributed by atoms with Crippen LogP contribution in [-0.2, 0) is 33.1 Å². The molecule has 0 radical (unpaired) electrons. The Labute approximate surface area is 322 Å². The fourth-order valence-corrected chi connectivity index (χ4v) is 8.29. The van der Waals surface area contributed by atoms with Gasteiger partial charge in [-0.05, 0) is 65.8 Å². The molecule has 1 aromatic heterocycles. The van der Waals surface area contributed by atoms with Crippen LogP contribution in [-0.4, -0.2) is 74.1 Å². The van der Waals surface area contributed by atoms with Crippen LogP contribution in [0, 0.1) is 0 Å². The quantitative estimate of drug-likeness (QED) is 0.0514. The molecule has 2 heterocycles. The van der Waals surface area contributed by atoms with Crippen molar-refractivity contribution in [3.8, 4) is 5.75 Å². The molecule has 1 aliphatic heterocycles. The Kier molecular flexibility index (Phi) is 13.6. The number of benzene rings is 4. The minimum Gasteiger partial charge on any atom is -0.481 e. The number of carbonyl (C=O) groups is 1. The number of urea groups is 1. The second-order valence-corrected chi connectivity index (χ2v) is 16.0. The van der Waals surface area contributed by atoms with Crippen LogP contribution >= 0.6 is 7.60 Å². The van der Waals surface area contributed by atoms with E-state index in [0.29, 0.717) is 42.3 Å². The molecule has 0 bridgehead atoms. The van der Waals surface area contributed by atoms with Crippen LogP contribution < -0.4 is 10.5 Å². The van der Waals surface area contributed by atoms with Gasteiger partial charge in [0.05, 0.1) is 30.8 Å². The Morgan fingerprint density at radius 1 is 0.782 bits per heavy atom. The van der Waals surface area contributed by atoms with Crippen molar-refractivity contribution in [2.24, 2.45) is 0 Å². The first kappa shape index (κ1) is 40.0. The van der Waals surface area contributed by atoms with E-state index in [9.17, 15) is 14.8 Å². The van der Waals surface area contributed by atoms with Crippen molar-refractivity contribution < 1.29 is 33.4 Å². The molecule has 55 heavy (non-hydrogen) atoms. The maximum Gasteiger partial charge on any atom is 0.367 e. The lowest BCUT2D eigenvalue weighted by atomic mass is 9.90. The number of nitrogen functional groups attached to an aromatic ring is 1. The van der Waals surface area contributed by atoms with Crippen molar-refractivity contribution in [3.63, 3.8) is 0 Å². The molecule has 12 nitrogen and oxygen atoms in total. The first-order valence-corrected chi connectivity index (χ1v) is 20.8. The SMILES string of the molecule is CCCCOP(=O)(COc1cccc(CN2C(=O)N(Cc3ccc4[nH]nc(N)c4c3)[C@H](Cc3ccccc3)[C@H](O)[C@@H](O)C2c2ccccc2)c1)OCCCC. The minimum absolute atomic E-state index is 0.0688. The number of carbonyl (C=O) groups excluding carboxylic acids is 1. The highest BCUT2D eigenvalue weighted by atomic mass is 31.2. The predicted molar refractivity (Wildman–Crippen MR) is 213 cm³/mol. The molecule has 2 amide bonds. The van der Waals surface area contributed by atoms with E-state index in [1.54, 1.807) is 28.0 Å². The van der Waals surface area contributed by atoms with E-state index in [-0.39, 0.29) is 25.5 Å². The van der Waals surface area contributed by atoms with Crippen LogP contribution in [0.2, 0.25) is 0 Å². The van der Waals surface area contributed by atoms with Gasteiger partial charge < -0.3 is 39.5 Å². The van der Waals surface area contributed by atoms with Crippen LogP contribution in [0.1, 0.15) is 67.8 Å². The van der Waals surface area contributed by atoms with E-state index in [0.717, 1.165) is 47.7 Å². The zero-order chi connectivity index (χ0) is 38.8. The maximum atomic E-state index is 15.2. The van der Waals surface area contributed by atoms with Crippen LogP contribution in [0.5, 0.6) is 5.75 Å². The molecule has 1 unspecified atom stereocenters. The summed E-state index contributed by atoms with van der Waals surface area (Å²) in [6.07, 6.45) is 0.667. The number of hydrogen-bond donors (Lipinski definition) is 4. The van der Waals surface area contributed by atoms with Crippen LogP contribution in [0.25, 0.3) is 10.9 Å². The predicted octanol–water partition coefficient (Wildman–Crippen LogP) is 7.82. The fraction of sp³-hybridized carbons (Fsp3) is 0.381. The number of hydrogen-bond acceptors (Lipinski definition) is 9. The van der Waals surface area contributed by atoms with E-state index in [1.165, 1.54) is 0 Å². The number of ether oxygens (including phenoxy) is 1. The first-order chi connectivity index (χ1) is 26.7. The normalized spacial score (nSPS) is 19.2. The van der Waals surface area contributed by atoms with Gasteiger partial charge in [0.15, 0.2) is 12.2 Å². The van der Waals surface area contributed by atoms with Crippen molar-refractivity contribution in [1.82, 2.24) is 20.0 Å². The number of H-pyrrole nitrogens is 1. The summed E-state index contributed by atoms with van der Waals surface area (Å²) in [6.45, 7) is 4.88. The van der Waals surface area contributed by atoms with Gasteiger partial charge in [-0.15, -0.1) is 0 Å². The van der Waals surface area contributed by atoms with Crippen molar-refractivity contribution in [2.45, 2.75) is 83.3 Å². The highest BCUT2D eigenvalue weighted by Gasteiger charge is 2.47. The van der Waals surface area contributed by atoms with Gasteiger partial charge in [-0.25, -0.2) is 4.79 Å². The third-order valence-corrected chi connectivity index (χ3v) is 11.5. The number of unbranched alkanes of at least 4 members (excludes halogenated alkanes) is 2. The summed E-state index contributed by atoms with van der Waals surface area (Å²) in [7, 11) is -3.54. The molecule has 13 heteroatoms. The van der Waals surface area contributed by atoms with E-state index in [2.05, 4.69) is 10.2 Å². The number of nitrogens with two attached hydrogens (primary N) is 1. The number of aliphatic hydroxyl groups excluding tert-OH is 2. The van der Waals surface area contributed by atoms with Crippen LogP contribution in [0.15, 0.2) is 103 Å². The molecule has 6 rings (SSSR count).